The van der Waals surface area contributed by atoms with Gasteiger partial charge in [0.2, 0.25) is 0 Å². The summed E-state index contributed by atoms with van der Waals surface area (Å²) in [5.74, 6) is 16.7. The molecule has 0 radical (unpaired) electrons. The van der Waals surface area contributed by atoms with Gasteiger partial charge in [0.05, 0.1) is 0 Å². The molecule has 0 heterocycles. The van der Waals surface area contributed by atoms with Crippen molar-refractivity contribution in [2.45, 2.75) is 96.9 Å². The Labute approximate surface area is 214 Å². The minimum absolute atomic E-state index is 0.494. The van der Waals surface area contributed by atoms with Gasteiger partial charge in [-0.3, -0.25) is 0 Å². The van der Waals surface area contributed by atoms with Crippen molar-refractivity contribution in [1.29, 1.82) is 0 Å². The molecule has 34 heavy (non-hydrogen) atoms. The third-order valence-electron chi connectivity index (χ3n) is 16.4. The van der Waals surface area contributed by atoms with E-state index in [4.69, 9.17) is 0 Å². The van der Waals surface area contributed by atoms with E-state index in [1.165, 1.54) is 0 Å². The van der Waals surface area contributed by atoms with E-state index < -0.39 is 0 Å². The number of hydrogen-bond acceptors (Lipinski definition) is 0. The first kappa shape index (κ1) is 25.6. The fourth-order valence-electron chi connectivity index (χ4n) is 14.4. The van der Waals surface area contributed by atoms with Gasteiger partial charge in [-0.25, -0.2) is 0 Å². The van der Waals surface area contributed by atoms with E-state index in [0.717, 1.165) is 107 Å². The Bertz CT molecular complexity index is 728. The fourth-order valence-corrected chi connectivity index (χ4v) is 14.4. The zero-order valence-corrected chi connectivity index (χ0v) is 25.4. The first-order valence-corrected chi connectivity index (χ1v) is 15.8. The van der Waals surface area contributed by atoms with Crippen LogP contribution in [0.5, 0.6) is 0 Å². The van der Waals surface area contributed by atoms with Crippen LogP contribution in [0.4, 0.5) is 0 Å². The molecule has 18 atom stereocenters. The maximum Gasteiger partial charge on any atom is -0.0199 e. The average Bonchev–Trinajstić information content (AvgIpc) is 3.08. The van der Waals surface area contributed by atoms with Crippen LogP contribution < -0.4 is 0 Å². The quantitative estimate of drug-likeness (QED) is 0.332. The van der Waals surface area contributed by atoms with Crippen LogP contribution in [0.15, 0.2) is 0 Å². The molecule has 0 saturated heterocycles. The van der Waals surface area contributed by atoms with Gasteiger partial charge in [0.15, 0.2) is 0 Å². The Hall–Kier alpha value is 0. The molecular weight excluding hydrogens is 408 g/mol. The zero-order valence-electron chi connectivity index (χ0n) is 25.4. The summed E-state index contributed by atoms with van der Waals surface area (Å²) in [6.45, 7) is 36.7. The molecule has 6 aliphatic carbocycles. The molecule has 0 aliphatic heterocycles. The SMILES string of the molecule is CC.CC1C(C)C2C(C)C(C)C3C(C)C(C)C4(C)C(C)C(C)C5C(C)C(C)C1C1C2C3C4(C)C51. The molecule has 0 aromatic carbocycles. The van der Waals surface area contributed by atoms with Crippen molar-refractivity contribution in [2.75, 3.05) is 0 Å². The van der Waals surface area contributed by atoms with Crippen LogP contribution >= 0.6 is 0 Å². The maximum atomic E-state index is 2.90. The Morgan fingerprint density at radius 2 is 0.588 bits per heavy atom. The molecule has 0 heteroatoms. The second-order valence-electron chi connectivity index (χ2n) is 15.5. The molecule has 0 aromatic rings. The molecule has 0 spiro atoms. The summed E-state index contributed by atoms with van der Waals surface area (Å²) < 4.78 is 0. The molecule has 0 nitrogen and oxygen atoms in total. The first-order valence-electron chi connectivity index (χ1n) is 15.8. The highest BCUT2D eigenvalue weighted by Crippen LogP contribution is 2.85. The Morgan fingerprint density at radius 1 is 0.324 bits per heavy atom. The van der Waals surface area contributed by atoms with Gasteiger partial charge in [-0.1, -0.05) is 96.9 Å². The van der Waals surface area contributed by atoms with E-state index in [0.29, 0.717) is 10.8 Å². The van der Waals surface area contributed by atoms with Crippen LogP contribution in [0.25, 0.3) is 0 Å². The molecule has 0 N–H and O–H groups in total. The Morgan fingerprint density at radius 3 is 0.882 bits per heavy atom. The van der Waals surface area contributed by atoms with E-state index in [-0.39, 0.29) is 0 Å². The predicted molar refractivity (Wildman–Crippen MR) is 147 cm³/mol. The van der Waals surface area contributed by atoms with Gasteiger partial charge >= 0.3 is 0 Å². The highest BCUT2D eigenvalue weighted by atomic mass is 14.9. The van der Waals surface area contributed by atoms with E-state index in [1.54, 1.807) is 0 Å². The van der Waals surface area contributed by atoms with E-state index in [2.05, 4.69) is 83.1 Å². The van der Waals surface area contributed by atoms with Crippen molar-refractivity contribution in [3.8, 4) is 0 Å². The fraction of sp³-hybridized carbons (Fsp3) is 1.00. The van der Waals surface area contributed by atoms with Crippen molar-refractivity contribution in [3.05, 3.63) is 0 Å². The van der Waals surface area contributed by atoms with E-state index in [9.17, 15) is 0 Å². The third kappa shape index (κ3) is 2.41. The lowest BCUT2D eigenvalue weighted by molar-refractivity contribution is -0.257. The van der Waals surface area contributed by atoms with Gasteiger partial charge in [0.25, 0.3) is 0 Å². The lowest BCUT2D eigenvalue weighted by atomic mass is 9.32. The average molecular weight is 469 g/mol. The van der Waals surface area contributed by atoms with Crippen LogP contribution in [-0.2, 0) is 0 Å². The Balaban J connectivity index is 0.00000117. The number of rotatable bonds is 0. The minimum Gasteiger partial charge on any atom is -0.0683 e. The van der Waals surface area contributed by atoms with Crippen LogP contribution in [0.2, 0.25) is 0 Å². The van der Waals surface area contributed by atoms with Crippen molar-refractivity contribution < 1.29 is 0 Å². The molecule has 6 saturated carbocycles. The van der Waals surface area contributed by atoms with Gasteiger partial charge < -0.3 is 0 Å². The van der Waals surface area contributed by atoms with Gasteiger partial charge in [-0.05, 0) is 117 Å². The highest BCUT2D eigenvalue weighted by Gasteiger charge is 2.81. The summed E-state index contributed by atoms with van der Waals surface area (Å²) in [7, 11) is 0. The van der Waals surface area contributed by atoms with Crippen LogP contribution in [0.1, 0.15) is 96.9 Å². The molecule has 196 valence electrons. The summed E-state index contributed by atoms with van der Waals surface area (Å²) in [6.07, 6.45) is 0. The largest absolute Gasteiger partial charge is 0.0683 e. The second-order valence-corrected chi connectivity index (χ2v) is 15.5. The van der Waals surface area contributed by atoms with Crippen LogP contribution in [0.3, 0.4) is 0 Å². The summed E-state index contributed by atoms with van der Waals surface area (Å²) in [6, 6.07) is 0. The van der Waals surface area contributed by atoms with Gasteiger partial charge in [0.1, 0.15) is 0 Å². The van der Waals surface area contributed by atoms with Crippen molar-refractivity contribution >= 4 is 0 Å². The minimum atomic E-state index is 0.494. The summed E-state index contributed by atoms with van der Waals surface area (Å²) >= 11 is 0. The lowest BCUT2D eigenvalue weighted by Gasteiger charge is -2.73. The Kier molecular flexibility index (Phi) is 5.85. The van der Waals surface area contributed by atoms with Gasteiger partial charge in [-0.2, -0.15) is 0 Å². The maximum absolute atomic E-state index is 2.90. The van der Waals surface area contributed by atoms with Crippen molar-refractivity contribution in [2.24, 2.45) is 117 Å². The smallest absolute Gasteiger partial charge is 0.0199 e. The normalized spacial score (nSPS) is 69.7. The second kappa shape index (κ2) is 7.76. The molecule has 6 rings (SSSR count). The molecule has 6 fully saturated rings. The lowest BCUT2D eigenvalue weighted by Crippen LogP contribution is -2.68. The van der Waals surface area contributed by atoms with Crippen molar-refractivity contribution in [1.82, 2.24) is 0 Å². The topological polar surface area (TPSA) is 0 Å². The van der Waals surface area contributed by atoms with E-state index >= 15 is 0 Å². The molecular formula is C34H60. The first-order chi connectivity index (χ1) is 15.8. The van der Waals surface area contributed by atoms with Crippen LogP contribution in [-0.4, -0.2) is 0 Å². The van der Waals surface area contributed by atoms with Gasteiger partial charge in [0, 0.05) is 0 Å². The monoisotopic (exact) mass is 468 g/mol. The molecule has 6 aliphatic rings. The third-order valence-corrected chi connectivity index (χ3v) is 16.4. The van der Waals surface area contributed by atoms with Crippen LogP contribution in [0, 0.1) is 117 Å². The zero-order chi connectivity index (χ0) is 25.4. The van der Waals surface area contributed by atoms with E-state index in [1.807, 2.05) is 13.8 Å². The van der Waals surface area contributed by atoms with Gasteiger partial charge in [-0.15, -0.1) is 0 Å². The van der Waals surface area contributed by atoms with Crippen molar-refractivity contribution in [3.63, 3.8) is 0 Å². The highest BCUT2D eigenvalue weighted by molar-refractivity contribution is 5.28. The summed E-state index contributed by atoms with van der Waals surface area (Å²) in [5, 5.41) is 0. The molecule has 0 aromatic heterocycles. The molecule has 0 amide bonds. The molecule has 0 bridgehead atoms. The number of hydrogen-bond donors (Lipinski definition) is 0. The predicted octanol–water partition coefficient (Wildman–Crippen LogP) is 9.40. The summed E-state index contributed by atoms with van der Waals surface area (Å²) in [5.41, 5.74) is 1.03. The molecule has 18 unspecified atom stereocenters. The summed E-state index contributed by atoms with van der Waals surface area (Å²) in [4.78, 5) is 0. The standard InChI is InChI=1S/C32H54.C2H6/c1-13-14(2)24-16(4)18(6)26-20(8)22(10)31(11)21(9)19(7)25-17(5)15(3)23(13)27-28(24)30(26)32(31,12)29(25)27;1-2/h13-30H,1-12H3;1-2H3.